The van der Waals surface area contributed by atoms with E-state index in [9.17, 15) is 9.59 Å². The van der Waals surface area contributed by atoms with Crippen LogP contribution in [0.1, 0.15) is 36.7 Å². The number of aliphatic carboxylic acids is 1. The van der Waals surface area contributed by atoms with E-state index >= 15 is 0 Å². The highest BCUT2D eigenvalue weighted by Crippen LogP contribution is 2.27. The van der Waals surface area contributed by atoms with Crippen molar-refractivity contribution in [1.29, 1.82) is 0 Å². The lowest BCUT2D eigenvalue weighted by atomic mass is 9.86. The van der Waals surface area contributed by atoms with Crippen molar-refractivity contribution >= 4 is 12.3 Å². The molecular formula is C13H16O4. The van der Waals surface area contributed by atoms with E-state index in [2.05, 4.69) is 0 Å². The maximum Gasteiger partial charge on any atom is 0.341 e. The molecule has 4 heteroatoms. The summed E-state index contributed by atoms with van der Waals surface area (Å²) in [5.41, 5.74) is 1.27. The molecule has 0 fully saturated rings. The van der Waals surface area contributed by atoms with Crippen LogP contribution in [0.25, 0.3) is 0 Å². The van der Waals surface area contributed by atoms with Crippen molar-refractivity contribution in [3.8, 4) is 5.75 Å². The second-order valence-electron chi connectivity index (χ2n) is 4.80. The minimum Gasteiger partial charge on any atom is -0.481 e. The first-order chi connectivity index (χ1) is 7.84. The van der Waals surface area contributed by atoms with Crippen LogP contribution in [0.3, 0.4) is 0 Å². The molecule has 0 bridgehead atoms. The molecule has 0 heterocycles. The predicted octanol–water partition coefficient (Wildman–Crippen LogP) is 2.26. The van der Waals surface area contributed by atoms with Gasteiger partial charge < -0.3 is 9.84 Å². The molecule has 4 nitrogen and oxygen atoms in total. The topological polar surface area (TPSA) is 63.6 Å². The van der Waals surface area contributed by atoms with Gasteiger partial charge >= 0.3 is 5.97 Å². The van der Waals surface area contributed by atoms with Crippen LogP contribution in [0.15, 0.2) is 18.2 Å². The Morgan fingerprint density at radius 3 is 2.53 bits per heavy atom. The first-order valence-corrected chi connectivity index (χ1v) is 5.29. The minimum atomic E-state index is -1.07. The van der Waals surface area contributed by atoms with Gasteiger partial charge in [-0.05, 0) is 23.1 Å². The van der Waals surface area contributed by atoms with Gasteiger partial charge in [-0.15, -0.1) is 0 Å². The fraction of sp³-hybridized carbons (Fsp3) is 0.385. The summed E-state index contributed by atoms with van der Waals surface area (Å²) in [4.78, 5) is 21.2. The molecule has 0 aliphatic rings. The molecule has 92 valence electrons. The SMILES string of the molecule is CC(C)(C)c1ccc(C=O)c(OCC(=O)O)c1. The van der Waals surface area contributed by atoms with Gasteiger partial charge in [-0.2, -0.15) is 0 Å². The zero-order valence-corrected chi connectivity index (χ0v) is 10.2. The molecule has 0 radical (unpaired) electrons. The lowest BCUT2D eigenvalue weighted by molar-refractivity contribution is -0.139. The molecule has 17 heavy (non-hydrogen) atoms. The van der Waals surface area contributed by atoms with Crippen LogP contribution < -0.4 is 4.74 Å². The third kappa shape index (κ3) is 3.59. The van der Waals surface area contributed by atoms with Crippen LogP contribution in [0.4, 0.5) is 0 Å². The second kappa shape index (κ2) is 4.99. The van der Waals surface area contributed by atoms with E-state index in [1.165, 1.54) is 0 Å². The van der Waals surface area contributed by atoms with Crippen molar-refractivity contribution < 1.29 is 19.4 Å². The zero-order chi connectivity index (χ0) is 13.1. The summed E-state index contributed by atoms with van der Waals surface area (Å²) in [5, 5.41) is 8.55. The number of benzene rings is 1. The normalized spacial score (nSPS) is 11.0. The fourth-order valence-electron chi connectivity index (χ4n) is 1.36. The molecule has 0 unspecified atom stereocenters. The zero-order valence-electron chi connectivity index (χ0n) is 10.2. The number of hydrogen-bond acceptors (Lipinski definition) is 3. The molecule has 1 aromatic carbocycles. The predicted molar refractivity (Wildman–Crippen MR) is 63.7 cm³/mol. The highest BCUT2D eigenvalue weighted by Gasteiger charge is 2.16. The number of carbonyl (C=O) groups is 2. The van der Waals surface area contributed by atoms with Gasteiger partial charge in [0.2, 0.25) is 0 Å². The van der Waals surface area contributed by atoms with E-state index < -0.39 is 12.6 Å². The molecule has 0 aliphatic heterocycles. The Morgan fingerprint density at radius 2 is 2.06 bits per heavy atom. The summed E-state index contributed by atoms with van der Waals surface area (Å²) in [6, 6.07) is 5.20. The average molecular weight is 236 g/mol. The van der Waals surface area contributed by atoms with Crippen molar-refractivity contribution in [2.75, 3.05) is 6.61 Å². The van der Waals surface area contributed by atoms with Crippen LogP contribution in [0.2, 0.25) is 0 Å². The smallest absolute Gasteiger partial charge is 0.341 e. The number of aldehydes is 1. The van der Waals surface area contributed by atoms with E-state index in [1.54, 1.807) is 12.1 Å². The molecule has 1 rings (SSSR count). The average Bonchev–Trinajstić information content (AvgIpc) is 2.24. The van der Waals surface area contributed by atoms with Gasteiger partial charge in [-0.25, -0.2) is 4.79 Å². The van der Waals surface area contributed by atoms with Crippen molar-refractivity contribution in [1.82, 2.24) is 0 Å². The monoisotopic (exact) mass is 236 g/mol. The summed E-state index contributed by atoms with van der Waals surface area (Å²) in [6.07, 6.45) is 0.656. The van der Waals surface area contributed by atoms with Crippen molar-refractivity contribution in [2.24, 2.45) is 0 Å². The minimum absolute atomic E-state index is 0.0806. The Kier molecular flexibility index (Phi) is 3.89. The summed E-state index contributed by atoms with van der Waals surface area (Å²) >= 11 is 0. The molecule has 1 N–H and O–H groups in total. The van der Waals surface area contributed by atoms with Crippen LogP contribution in [0.5, 0.6) is 5.75 Å². The maximum atomic E-state index is 10.8. The molecule has 0 saturated heterocycles. The van der Waals surface area contributed by atoms with Crippen molar-refractivity contribution in [3.63, 3.8) is 0 Å². The first-order valence-electron chi connectivity index (χ1n) is 5.29. The second-order valence-corrected chi connectivity index (χ2v) is 4.80. The summed E-state index contributed by atoms with van der Waals surface area (Å²) in [6.45, 7) is 5.64. The highest BCUT2D eigenvalue weighted by molar-refractivity contribution is 5.80. The largest absolute Gasteiger partial charge is 0.481 e. The fourth-order valence-corrected chi connectivity index (χ4v) is 1.36. The Bertz CT molecular complexity index is 430. The number of ether oxygens (including phenoxy) is 1. The Labute approximate surface area is 100 Å². The van der Waals surface area contributed by atoms with Crippen LogP contribution in [-0.2, 0) is 10.2 Å². The standard InChI is InChI=1S/C13H16O4/c1-13(2,3)10-5-4-9(7-14)11(6-10)17-8-12(15)16/h4-7H,8H2,1-3H3,(H,15,16). The molecule has 0 atom stereocenters. The number of carbonyl (C=O) groups excluding carboxylic acids is 1. The number of rotatable bonds is 4. The number of hydrogen-bond donors (Lipinski definition) is 1. The summed E-state index contributed by atoms with van der Waals surface area (Å²) < 4.78 is 5.09. The maximum absolute atomic E-state index is 10.8. The molecular weight excluding hydrogens is 220 g/mol. The molecule has 0 aromatic heterocycles. The first kappa shape index (κ1) is 13.2. The number of carboxylic acids is 1. The van der Waals surface area contributed by atoms with Gasteiger partial charge in [0, 0.05) is 0 Å². The van der Waals surface area contributed by atoms with Gasteiger partial charge in [0.15, 0.2) is 12.9 Å². The summed E-state index contributed by atoms with van der Waals surface area (Å²) in [5.74, 6) is -0.752. The quantitative estimate of drug-likeness (QED) is 0.814. The molecule has 1 aromatic rings. The van der Waals surface area contributed by atoms with E-state index in [4.69, 9.17) is 9.84 Å². The van der Waals surface area contributed by atoms with Crippen molar-refractivity contribution in [3.05, 3.63) is 29.3 Å². The van der Waals surface area contributed by atoms with E-state index in [1.807, 2.05) is 26.8 Å². The molecule has 0 aliphatic carbocycles. The lowest BCUT2D eigenvalue weighted by Gasteiger charge is -2.20. The van der Waals surface area contributed by atoms with Crippen LogP contribution in [-0.4, -0.2) is 24.0 Å². The van der Waals surface area contributed by atoms with Crippen LogP contribution in [0, 0.1) is 0 Å². The van der Waals surface area contributed by atoms with E-state index in [-0.39, 0.29) is 5.41 Å². The molecule has 0 amide bonds. The number of carboxylic acid groups (broad SMARTS) is 1. The summed E-state index contributed by atoms with van der Waals surface area (Å²) in [7, 11) is 0. The Balaban J connectivity index is 3.06. The molecule has 0 spiro atoms. The Hall–Kier alpha value is -1.84. The third-order valence-electron chi connectivity index (χ3n) is 2.36. The van der Waals surface area contributed by atoms with Gasteiger partial charge in [0.1, 0.15) is 5.75 Å². The highest BCUT2D eigenvalue weighted by atomic mass is 16.5. The Morgan fingerprint density at radius 1 is 1.41 bits per heavy atom. The van der Waals surface area contributed by atoms with Gasteiger partial charge in [-0.3, -0.25) is 4.79 Å². The third-order valence-corrected chi connectivity index (χ3v) is 2.36. The van der Waals surface area contributed by atoms with E-state index in [0.29, 0.717) is 17.6 Å². The van der Waals surface area contributed by atoms with Gasteiger partial charge in [0.05, 0.1) is 5.56 Å². The van der Waals surface area contributed by atoms with Crippen molar-refractivity contribution in [2.45, 2.75) is 26.2 Å². The van der Waals surface area contributed by atoms with Gasteiger partial charge in [0.25, 0.3) is 0 Å². The lowest BCUT2D eigenvalue weighted by Crippen LogP contribution is -2.14. The van der Waals surface area contributed by atoms with Gasteiger partial charge in [-0.1, -0.05) is 26.8 Å². The van der Waals surface area contributed by atoms with E-state index in [0.717, 1.165) is 5.56 Å². The molecule has 0 saturated carbocycles. The van der Waals surface area contributed by atoms with Crippen LogP contribution >= 0.6 is 0 Å².